The summed E-state index contributed by atoms with van der Waals surface area (Å²) in [6, 6.07) is 20.0. The first-order valence-electron chi connectivity index (χ1n) is 7.40. The molecule has 0 spiro atoms. The molecule has 118 valence electrons. The molecule has 0 bridgehead atoms. The van der Waals surface area contributed by atoms with E-state index in [0.717, 1.165) is 21.3 Å². The van der Waals surface area contributed by atoms with Gasteiger partial charge in [0, 0.05) is 22.0 Å². The summed E-state index contributed by atoms with van der Waals surface area (Å²) in [5.74, 6) is 0. The number of hydrogen-bond acceptors (Lipinski definition) is 4. The highest BCUT2D eigenvalue weighted by atomic mass is 32.2. The Bertz CT molecular complexity index is 1100. The number of sulfone groups is 1. The van der Waals surface area contributed by atoms with Gasteiger partial charge in [0.15, 0.2) is 0 Å². The third kappa shape index (κ3) is 2.42. The van der Waals surface area contributed by atoms with Gasteiger partial charge in [0.25, 0.3) is 0 Å². The molecule has 4 rings (SSSR count). The van der Waals surface area contributed by atoms with E-state index in [-0.39, 0.29) is 9.79 Å². The van der Waals surface area contributed by atoms with E-state index in [1.807, 2.05) is 41.8 Å². The van der Waals surface area contributed by atoms with Gasteiger partial charge in [0.1, 0.15) is 0 Å². The van der Waals surface area contributed by atoms with Crippen LogP contribution in [0.1, 0.15) is 0 Å². The topological polar surface area (TPSA) is 47.0 Å². The second-order valence-corrected chi connectivity index (χ2v) is 8.17. The van der Waals surface area contributed by atoms with Gasteiger partial charge < -0.3 is 0 Å². The van der Waals surface area contributed by atoms with E-state index in [4.69, 9.17) is 0 Å². The Morgan fingerprint density at radius 2 is 1.58 bits per heavy atom. The lowest BCUT2D eigenvalue weighted by molar-refractivity contribution is 0.596. The third-order valence-electron chi connectivity index (χ3n) is 3.85. The van der Waals surface area contributed by atoms with Crippen LogP contribution in [0.4, 0.5) is 0 Å². The molecule has 2 aromatic carbocycles. The maximum absolute atomic E-state index is 13.2. The van der Waals surface area contributed by atoms with Crippen LogP contribution in [0.2, 0.25) is 0 Å². The van der Waals surface area contributed by atoms with Gasteiger partial charge in [-0.15, -0.1) is 11.3 Å². The standard InChI is InChI=1S/C19H13NO2S2/c21-24(22,14-7-2-1-3-8-14)18-13-20-16-10-5-4-9-15(16)19(18)17-11-6-12-23-17/h1-13H. The average Bonchev–Trinajstić information content (AvgIpc) is 3.15. The predicted octanol–water partition coefficient (Wildman–Crippen LogP) is 4.80. The molecule has 0 unspecified atom stereocenters. The summed E-state index contributed by atoms with van der Waals surface area (Å²) in [6.07, 6.45) is 1.47. The molecule has 0 radical (unpaired) electrons. The van der Waals surface area contributed by atoms with E-state index < -0.39 is 9.84 Å². The largest absolute Gasteiger partial charge is 0.255 e. The number of rotatable bonds is 3. The Morgan fingerprint density at radius 3 is 2.33 bits per heavy atom. The molecule has 24 heavy (non-hydrogen) atoms. The van der Waals surface area contributed by atoms with Crippen LogP contribution in [0, 0.1) is 0 Å². The molecule has 5 heteroatoms. The molecule has 4 aromatic rings. The molecule has 0 atom stereocenters. The van der Waals surface area contributed by atoms with Gasteiger partial charge in [-0.2, -0.15) is 0 Å². The third-order valence-corrected chi connectivity index (χ3v) is 6.52. The monoisotopic (exact) mass is 351 g/mol. The van der Waals surface area contributed by atoms with E-state index in [0.29, 0.717) is 0 Å². The van der Waals surface area contributed by atoms with Crippen molar-refractivity contribution in [2.45, 2.75) is 9.79 Å². The minimum Gasteiger partial charge on any atom is -0.255 e. The van der Waals surface area contributed by atoms with Gasteiger partial charge >= 0.3 is 0 Å². The highest BCUT2D eigenvalue weighted by Gasteiger charge is 2.24. The van der Waals surface area contributed by atoms with Crippen LogP contribution in [-0.4, -0.2) is 13.4 Å². The van der Waals surface area contributed by atoms with Gasteiger partial charge in [-0.05, 0) is 29.6 Å². The predicted molar refractivity (Wildman–Crippen MR) is 96.9 cm³/mol. The molecule has 0 aliphatic rings. The maximum Gasteiger partial charge on any atom is 0.208 e. The van der Waals surface area contributed by atoms with E-state index in [9.17, 15) is 8.42 Å². The van der Waals surface area contributed by atoms with E-state index in [1.54, 1.807) is 30.3 Å². The minimum absolute atomic E-state index is 0.245. The number of aromatic nitrogens is 1. The molecule has 0 aliphatic carbocycles. The van der Waals surface area contributed by atoms with Crippen LogP contribution >= 0.6 is 11.3 Å². The highest BCUT2D eigenvalue weighted by Crippen LogP contribution is 2.38. The van der Waals surface area contributed by atoms with E-state index in [2.05, 4.69) is 4.98 Å². The van der Waals surface area contributed by atoms with Crippen molar-refractivity contribution in [3.63, 3.8) is 0 Å². The molecule has 2 aromatic heterocycles. The summed E-state index contributed by atoms with van der Waals surface area (Å²) in [5.41, 5.74) is 1.51. The second-order valence-electron chi connectivity index (χ2n) is 5.31. The van der Waals surface area contributed by atoms with Gasteiger partial charge in [-0.3, -0.25) is 4.98 Å². The molecule has 0 aliphatic heterocycles. The molecular formula is C19H13NO2S2. The number of hydrogen-bond donors (Lipinski definition) is 0. The first-order valence-corrected chi connectivity index (χ1v) is 9.76. The van der Waals surface area contributed by atoms with Gasteiger partial charge in [0.05, 0.1) is 15.3 Å². The van der Waals surface area contributed by atoms with Crippen LogP contribution in [0.3, 0.4) is 0 Å². The molecule has 0 fully saturated rings. The van der Waals surface area contributed by atoms with Gasteiger partial charge in [-0.25, -0.2) is 8.42 Å². The molecule has 3 nitrogen and oxygen atoms in total. The maximum atomic E-state index is 13.2. The quantitative estimate of drug-likeness (QED) is 0.533. The second kappa shape index (κ2) is 5.85. The number of para-hydroxylation sites is 1. The summed E-state index contributed by atoms with van der Waals surface area (Å²) in [4.78, 5) is 5.81. The first kappa shape index (κ1) is 15.1. The van der Waals surface area contributed by atoms with E-state index >= 15 is 0 Å². The van der Waals surface area contributed by atoms with Crippen LogP contribution in [-0.2, 0) is 9.84 Å². The zero-order chi connectivity index (χ0) is 16.6. The minimum atomic E-state index is -3.64. The fourth-order valence-electron chi connectivity index (χ4n) is 2.73. The number of nitrogens with zero attached hydrogens (tertiary/aromatic N) is 1. The number of benzene rings is 2. The number of pyridine rings is 1. The Kier molecular flexibility index (Phi) is 3.67. The lowest BCUT2D eigenvalue weighted by atomic mass is 10.1. The molecule has 2 heterocycles. The fraction of sp³-hybridized carbons (Fsp3) is 0. The summed E-state index contributed by atoms with van der Waals surface area (Å²) in [6.45, 7) is 0. The Morgan fingerprint density at radius 1 is 0.833 bits per heavy atom. The molecule has 0 saturated carbocycles. The van der Waals surface area contributed by atoms with Crippen molar-refractivity contribution in [1.29, 1.82) is 0 Å². The summed E-state index contributed by atoms with van der Waals surface area (Å²) in [7, 11) is -3.64. The Balaban J connectivity index is 2.08. The van der Waals surface area contributed by atoms with Crippen molar-refractivity contribution in [3.8, 4) is 10.4 Å². The SMILES string of the molecule is O=S(=O)(c1ccccc1)c1cnc2ccccc2c1-c1cccs1. The zero-order valence-electron chi connectivity index (χ0n) is 12.6. The van der Waals surface area contributed by atoms with Crippen molar-refractivity contribution in [1.82, 2.24) is 4.98 Å². The highest BCUT2D eigenvalue weighted by molar-refractivity contribution is 7.91. The van der Waals surface area contributed by atoms with Gasteiger partial charge in [-0.1, -0.05) is 42.5 Å². The lowest BCUT2D eigenvalue weighted by Crippen LogP contribution is -2.05. The molecule has 0 N–H and O–H groups in total. The molecule has 0 amide bonds. The molecular weight excluding hydrogens is 338 g/mol. The van der Waals surface area contributed by atoms with Crippen molar-refractivity contribution in [2.75, 3.05) is 0 Å². The number of fused-ring (bicyclic) bond motifs is 1. The van der Waals surface area contributed by atoms with Crippen LogP contribution in [0.5, 0.6) is 0 Å². The first-order chi connectivity index (χ1) is 11.7. The van der Waals surface area contributed by atoms with E-state index in [1.165, 1.54) is 17.5 Å². The summed E-state index contributed by atoms with van der Waals surface area (Å²) < 4.78 is 26.3. The zero-order valence-corrected chi connectivity index (χ0v) is 14.2. The van der Waals surface area contributed by atoms with Crippen molar-refractivity contribution >= 4 is 32.1 Å². The van der Waals surface area contributed by atoms with Crippen LogP contribution < -0.4 is 0 Å². The normalized spacial score (nSPS) is 11.7. The van der Waals surface area contributed by atoms with Crippen LogP contribution in [0.25, 0.3) is 21.3 Å². The van der Waals surface area contributed by atoms with Crippen molar-refractivity contribution in [3.05, 3.63) is 78.3 Å². The summed E-state index contributed by atoms with van der Waals surface area (Å²) in [5, 5.41) is 2.79. The van der Waals surface area contributed by atoms with Crippen LogP contribution in [0.15, 0.2) is 88.1 Å². The molecule has 0 saturated heterocycles. The number of thiophene rings is 1. The Hall–Kier alpha value is -2.50. The van der Waals surface area contributed by atoms with Crippen molar-refractivity contribution < 1.29 is 8.42 Å². The smallest absolute Gasteiger partial charge is 0.208 e. The average molecular weight is 351 g/mol. The lowest BCUT2D eigenvalue weighted by Gasteiger charge is -2.12. The fourth-order valence-corrected chi connectivity index (χ4v) is 5.04. The summed E-state index contributed by atoms with van der Waals surface area (Å²) >= 11 is 1.52. The van der Waals surface area contributed by atoms with Gasteiger partial charge in [0.2, 0.25) is 9.84 Å². The Labute approximate surface area is 144 Å². The van der Waals surface area contributed by atoms with Crippen molar-refractivity contribution in [2.24, 2.45) is 0 Å².